The molecule has 1 heterocycles. The average Bonchev–Trinajstić information content (AvgIpc) is 2.47. The van der Waals surface area contributed by atoms with E-state index in [9.17, 15) is 0 Å². The lowest BCUT2D eigenvalue weighted by atomic mass is 9.97. The molecular weight excluding hydrogens is 174 g/mol. The summed E-state index contributed by atoms with van der Waals surface area (Å²) in [5, 5.41) is 0. The summed E-state index contributed by atoms with van der Waals surface area (Å²) in [7, 11) is 0. The molecule has 1 aromatic rings. The van der Waals surface area contributed by atoms with E-state index in [0.29, 0.717) is 0 Å². The van der Waals surface area contributed by atoms with Gasteiger partial charge >= 0.3 is 0 Å². The van der Waals surface area contributed by atoms with Crippen LogP contribution < -0.4 is 0 Å². The van der Waals surface area contributed by atoms with E-state index in [1.165, 1.54) is 0 Å². The summed E-state index contributed by atoms with van der Waals surface area (Å²) in [6, 6.07) is 0. The third kappa shape index (κ3) is 2.13. The topological polar surface area (TPSA) is 26.0 Å². The lowest BCUT2D eigenvalue weighted by Crippen LogP contribution is -2.11. The maximum Gasteiger partial charge on any atom is 0.200 e. The first-order chi connectivity index (χ1) is 6.49. The van der Waals surface area contributed by atoms with Crippen molar-refractivity contribution in [2.75, 3.05) is 0 Å². The van der Waals surface area contributed by atoms with Crippen molar-refractivity contribution in [2.24, 2.45) is 0 Å². The Hall–Kier alpha value is -1.31. The molecule has 1 rings (SSSR count). The van der Waals surface area contributed by atoms with E-state index in [4.69, 9.17) is 4.42 Å². The quantitative estimate of drug-likeness (QED) is 0.713. The number of hydrogen-bond acceptors (Lipinski definition) is 2. The zero-order valence-electron chi connectivity index (χ0n) is 9.29. The van der Waals surface area contributed by atoms with Gasteiger partial charge in [0.05, 0.1) is 0 Å². The SMILES string of the molecule is C=Cc1oc(C(C)(C)C)nc1/C=C\C. The van der Waals surface area contributed by atoms with E-state index in [2.05, 4.69) is 32.3 Å². The van der Waals surface area contributed by atoms with Crippen LogP contribution in [0.25, 0.3) is 12.2 Å². The van der Waals surface area contributed by atoms with Gasteiger partial charge in [-0.2, -0.15) is 0 Å². The fourth-order valence-electron chi connectivity index (χ4n) is 1.09. The predicted molar refractivity (Wildman–Crippen MR) is 60.0 cm³/mol. The van der Waals surface area contributed by atoms with Crippen LogP contribution in [-0.2, 0) is 5.41 Å². The number of hydrogen-bond donors (Lipinski definition) is 0. The van der Waals surface area contributed by atoms with Crippen molar-refractivity contribution in [3.8, 4) is 0 Å². The predicted octanol–water partition coefficient (Wildman–Crippen LogP) is 3.65. The van der Waals surface area contributed by atoms with E-state index in [0.717, 1.165) is 17.3 Å². The summed E-state index contributed by atoms with van der Waals surface area (Å²) in [5.41, 5.74) is 0.796. The smallest absolute Gasteiger partial charge is 0.200 e. The molecule has 0 N–H and O–H groups in total. The summed E-state index contributed by atoms with van der Waals surface area (Å²) < 4.78 is 5.60. The van der Waals surface area contributed by atoms with Crippen LogP contribution in [0.1, 0.15) is 45.0 Å². The Labute approximate surface area is 85.4 Å². The van der Waals surface area contributed by atoms with Gasteiger partial charge in [0.15, 0.2) is 5.76 Å². The summed E-state index contributed by atoms with van der Waals surface area (Å²) in [5.74, 6) is 1.49. The number of allylic oxidation sites excluding steroid dienone is 1. The minimum absolute atomic E-state index is 0.0579. The molecule has 0 aliphatic heterocycles. The van der Waals surface area contributed by atoms with Crippen LogP contribution in [0.2, 0.25) is 0 Å². The number of aromatic nitrogens is 1. The van der Waals surface area contributed by atoms with Gasteiger partial charge in [-0.15, -0.1) is 0 Å². The Balaban J connectivity index is 3.19. The van der Waals surface area contributed by atoms with Gasteiger partial charge in [-0.05, 0) is 19.1 Å². The van der Waals surface area contributed by atoms with E-state index >= 15 is 0 Å². The Morgan fingerprint density at radius 3 is 2.43 bits per heavy atom. The molecule has 1 aromatic heterocycles. The molecule has 0 radical (unpaired) electrons. The highest BCUT2D eigenvalue weighted by atomic mass is 16.4. The fraction of sp³-hybridized carbons (Fsp3) is 0.417. The van der Waals surface area contributed by atoms with Gasteiger partial charge in [-0.1, -0.05) is 33.4 Å². The van der Waals surface area contributed by atoms with Crippen molar-refractivity contribution in [2.45, 2.75) is 33.1 Å². The van der Waals surface area contributed by atoms with Crippen LogP contribution in [0.15, 0.2) is 17.1 Å². The molecule has 0 saturated heterocycles. The molecule has 0 aromatic carbocycles. The molecule has 2 nitrogen and oxygen atoms in total. The molecule has 0 atom stereocenters. The van der Waals surface area contributed by atoms with E-state index in [-0.39, 0.29) is 5.41 Å². The average molecular weight is 191 g/mol. The Kier molecular flexibility index (Phi) is 2.94. The van der Waals surface area contributed by atoms with Crippen LogP contribution in [0.5, 0.6) is 0 Å². The van der Waals surface area contributed by atoms with Crippen molar-refractivity contribution in [3.05, 3.63) is 30.0 Å². The Morgan fingerprint density at radius 2 is 2.00 bits per heavy atom. The van der Waals surface area contributed by atoms with Gasteiger partial charge in [-0.25, -0.2) is 4.98 Å². The van der Waals surface area contributed by atoms with Gasteiger partial charge in [0.2, 0.25) is 5.89 Å². The standard InChI is InChI=1S/C12H17NO/c1-6-8-9-10(7-2)14-11(13-9)12(3,4)5/h6-8H,2H2,1,3-5H3/b8-6-. The molecule has 0 fully saturated rings. The number of nitrogens with zero attached hydrogens (tertiary/aromatic N) is 1. The highest BCUT2D eigenvalue weighted by molar-refractivity contribution is 5.57. The molecule has 0 saturated carbocycles. The molecule has 76 valence electrons. The number of oxazole rings is 1. The normalized spacial score (nSPS) is 12.3. The minimum Gasteiger partial charge on any atom is -0.440 e. The molecular formula is C12H17NO. The molecule has 14 heavy (non-hydrogen) atoms. The summed E-state index contributed by atoms with van der Waals surface area (Å²) >= 11 is 0. The molecule has 0 spiro atoms. The number of rotatable bonds is 2. The summed E-state index contributed by atoms with van der Waals surface area (Å²) in [6.45, 7) is 11.9. The second-order valence-corrected chi connectivity index (χ2v) is 4.22. The fourth-order valence-corrected chi connectivity index (χ4v) is 1.09. The van der Waals surface area contributed by atoms with Crippen molar-refractivity contribution >= 4 is 12.2 Å². The van der Waals surface area contributed by atoms with Crippen LogP contribution in [0.4, 0.5) is 0 Å². The van der Waals surface area contributed by atoms with Gasteiger partial charge in [0.1, 0.15) is 5.69 Å². The molecule has 0 aliphatic carbocycles. The zero-order chi connectivity index (χ0) is 10.8. The highest BCUT2D eigenvalue weighted by Crippen LogP contribution is 2.25. The third-order valence-corrected chi connectivity index (χ3v) is 1.83. The minimum atomic E-state index is -0.0579. The second kappa shape index (κ2) is 3.82. The van der Waals surface area contributed by atoms with Crippen LogP contribution >= 0.6 is 0 Å². The van der Waals surface area contributed by atoms with Crippen LogP contribution in [0, 0.1) is 0 Å². The zero-order valence-corrected chi connectivity index (χ0v) is 9.29. The highest BCUT2D eigenvalue weighted by Gasteiger charge is 2.21. The first-order valence-electron chi connectivity index (χ1n) is 4.75. The van der Waals surface area contributed by atoms with Crippen molar-refractivity contribution in [3.63, 3.8) is 0 Å². The molecule has 0 amide bonds. The lowest BCUT2D eigenvalue weighted by Gasteiger charge is -2.11. The second-order valence-electron chi connectivity index (χ2n) is 4.22. The molecule has 0 unspecified atom stereocenters. The van der Waals surface area contributed by atoms with Crippen LogP contribution in [0.3, 0.4) is 0 Å². The Morgan fingerprint density at radius 1 is 1.36 bits per heavy atom. The van der Waals surface area contributed by atoms with Gasteiger partial charge in [-0.3, -0.25) is 0 Å². The Bertz CT molecular complexity index is 353. The molecule has 0 bridgehead atoms. The van der Waals surface area contributed by atoms with Crippen LogP contribution in [-0.4, -0.2) is 4.98 Å². The summed E-state index contributed by atoms with van der Waals surface area (Å²) in [6.07, 6.45) is 5.56. The maximum absolute atomic E-state index is 5.60. The van der Waals surface area contributed by atoms with E-state index < -0.39 is 0 Å². The molecule has 2 heteroatoms. The first kappa shape index (κ1) is 10.8. The lowest BCUT2D eigenvalue weighted by molar-refractivity contribution is 0.389. The summed E-state index contributed by atoms with van der Waals surface area (Å²) in [4.78, 5) is 4.42. The third-order valence-electron chi connectivity index (χ3n) is 1.83. The van der Waals surface area contributed by atoms with Gasteiger partial charge in [0.25, 0.3) is 0 Å². The largest absolute Gasteiger partial charge is 0.440 e. The molecule has 0 aliphatic rings. The van der Waals surface area contributed by atoms with E-state index in [1.807, 2.05) is 19.1 Å². The van der Waals surface area contributed by atoms with Crippen molar-refractivity contribution in [1.29, 1.82) is 0 Å². The first-order valence-corrected chi connectivity index (χ1v) is 4.75. The van der Waals surface area contributed by atoms with Gasteiger partial charge < -0.3 is 4.42 Å². The van der Waals surface area contributed by atoms with E-state index in [1.54, 1.807) is 6.08 Å². The van der Waals surface area contributed by atoms with Gasteiger partial charge in [0, 0.05) is 5.41 Å². The van der Waals surface area contributed by atoms with Crippen molar-refractivity contribution < 1.29 is 4.42 Å². The monoisotopic (exact) mass is 191 g/mol. The maximum atomic E-state index is 5.60. The van der Waals surface area contributed by atoms with Crippen molar-refractivity contribution in [1.82, 2.24) is 4.98 Å².